The molecule has 0 saturated heterocycles. The highest BCUT2D eigenvalue weighted by molar-refractivity contribution is 5.95. The number of ketones is 1. The van der Waals surface area contributed by atoms with Crippen LogP contribution in [0.4, 0.5) is 5.69 Å². The minimum atomic E-state index is -0.122. The molecule has 0 aliphatic rings. The summed E-state index contributed by atoms with van der Waals surface area (Å²) in [6.07, 6.45) is 0.266. The van der Waals surface area contributed by atoms with Crippen molar-refractivity contribution in [3.8, 4) is 5.75 Å². The second kappa shape index (κ2) is 7.41. The first-order chi connectivity index (χ1) is 10.5. The first kappa shape index (κ1) is 15.8. The van der Waals surface area contributed by atoms with E-state index in [1.807, 2.05) is 31.2 Å². The molecule has 4 nitrogen and oxygen atoms in total. The second-order valence-electron chi connectivity index (χ2n) is 5.10. The molecular formula is C18H19NO3. The number of aryl methyl sites for hydroxylation is 1. The van der Waals surface area contributed by atoms with E-state index in [1.165, 1.54) is 6.92 Å². The zero-order valence-electron chi connectivity index (χ0n) is 12.8. The molecule has 2 rings (SSSR count). The predicted molar refractivity (Wildman–Crippen MR) is 86.4 cm³/mol. The lowest BCUT2D eigenvalue weighted by Gasteiger charge is -2.08. The van der Waals surface area contributed by atoms with Crippen molar-refractivity contribution in [3.63, 3.8) is 0 Å². The van der Waals surface area contributed by atoms with Crippen molar-refractivity contribution in [1.82, 2.24) is 0 Å². The van der Waals surface area contributed by atoms with Crippen LogP contribution in [0.2, 0.25) is 0 Å². The molecule has 1 N–H and O–H groups in total. The van der Waals surface area contributed by atoms with Gasteiger partial charge in [-0.3, -0.25) is 9.59 Å². The lowest BCUT2D eigenvalue weighted by Crippen LogP contribution is -2.15. The van der Waals surface area contributed by atoms with Crippen molar-refractivity contribution in [2.75, 3.05) is 11.9 Å². The van der Waals surface area contributed by atoms with Gasteiger partial charge in [-0.1, -0.05) is 12.1 Å². The van der Waals surface area contributed by atoms with Gasteiger partial charge < -0.3 is 10.1 Å². The summed E-state index contributed by atoms with van der Waals surface area (Å²) in [5, 5.41) is 2.78. The molecule has 0 spiro atoms. The van der Waals surface area contributed by atoms with Gasteiger partial charge in [-0.15, -0.1) is 0 Å². The quantitative estimate of drug-likeness (QED) is 0.829. The molecule has 0 atom stereocenters. The van der Waals surface area contributed by atoms with Crippen LogP contribution in [0.5, 0.6) is 5.75 Å². The van der Waals surface area contributed by atoms with Crippen LogP contribution in [-0.2, 0) is 4.79 Å². The average molecular weight is 297 g/mol. The summed E-state index contributed by atoms with van der Waals surface area (Å²) >= 11 is 0. The molecule has 0 saturated carbocycles. The van der Waals surface area contributed by atoms with Crippen molar-refractivity contribution >= 4 is 17.4 Å². The number of hydrogen-bond acceptors (Lipinski definition) is 3. The number of amides is 1. The maximum atomic E-state index is 11.8. The van der Waals surface area contributed by atoms with Crippen LogP contribution >= 0.6 is 0 Å². The van der Waals surface area contributed by atoms with Crippen LogP contribution in [0.15, 0.2) is 48.5 Å². The number of benzene rings is 2. The largest absolute Gasteiger partial charge is 0.493 e. The number of carbonyl (C=O) groups excluding carboxylic acids is 2. The fourth-order valence-electron chi connectivity index (χ4n) is 1.98. The topological polar surface area (TPSA) is 55.4 Å². The van der Waals surface area contributed by atoms with Gasteiger partial charge in [-0.25, -0.2) is 0 Å². The average Bonchev–Trinajstić information content (AvgIpc) is 2.48. The predicted octanol–water partition coefficient (Wildman–Crippen LogP) is 3.61. The van der Waals surface area contributed by atoms with E-state index in [2.05, 4.69) is 5.32 Å². The van der Waals surface area contributed by atoms with E-state index in [1.54, 1.807) is 24.3 Å². The summed E-state index contributed by atoms with van der Waals surface area (Å²) in [6, 6.07) is 14.5. The summed E-state index contributed by atoms with van der Waals surface area (Å²) < 4.78 is 5.54. The number of carbonyl (C=O) groups is 2. The highest BCUT2D eigenvalue weighted by Crippen LogP contribution is 2.13. The molecule has 2 aromatic carbocycles. The maximum Gasteiger partial charge on any atom is 0.227 e. The molecule has 2 aromatic rings. The molecule has 114 valence electrons. The zero-order chi connectivity index (χ0) is 15.9. The van der Waals surface area contributed by atoms with Crippen LogP contribution in [0.25, 0.3) is 0 Å². The Morgan fingerprint density at radius 1 is 1.09 bits per heavy atom. The van der Waals surface area contributed by atoms with Crippen LogP contribution in [0, 0.1) is 6.92 Å². The first-order valence-electron chi connectivity index (χ1n) is 7.15. The van der Waals surface area contributed by atoms with Crippen molar-refractivity contribution in [2.45, 2.75) is 20.3 Å². The van der Waals surface area contributed by atoms with E-state index >= 15 is 0 Å². The van der Waals surface area contributed by atoms with Crippen molar-refractivity contribution < 1.29 is 14.3 Å². The van der Waals surface area contributed by atoms with Gasteiger partial charge in [0.05, 0.1) is 13.0 Å². The molecule has 0 fully saturated rings. The summed E-state index contributed by atoms with van der Waals surface area (Å²) in [7, 11) is 0. The number of nitrogens with one attached hydrogen (secondary N) is 1. The van der Waals surface area contributed by atoms with Gasteiger partial charge in [-0.05, 0) is 55.8 Å². The van der Waals surface area contributed by atoms with Gasteiger partial charge in [0.2, 0.25) is 5.91 Å². The van der Waals surface area contributed by atoms with E-state index in [0.29, 0.717) is 17.9 Å². The normalized spacial score (nSPS) is 10.1. The first-order valence-corrected chi connectivity index (χ1v) is 7.15. The van der Waals surface area contributed by atoms with Crippen molar-refractivity contribution in [2.24, 2.45) is 0 Å². The van der Waals surface area contributed by atoms with E-state index in [4.69, 9.17) is 4.74 Å². The van der Waals surface area contributed by atoms with Gasteiger partial charge in [0.25, 0.3) is 0 Å². The zero-order valence-corrected chi connectivity index (χ0v) is 12.8. The maximum absolute atomic E-state index is 11.8. The lowest BCUT2D eigenvalue weighted by atomic mass is 10.1. The lowest BCUT2D eigenvalue weighted by molar-refractivity contribution is -0.116. The van der Waals surface area contributed by atoms with Crippen molar-refractivity contribution in [3.05, 3.63) is 59.7 Å². The fourth-order valence-corrected chi connectivity index (χ4v) is 1.98. The summed E-state index contributed by atoms with van der Waals surface area (Å²) in [5.74, 6) is 0.645. The van der Waals surface area contributed by atoms with Crippen LogP contribution in [0.1, 0.15) is 29.3 Å². The third kappa shape index (κ3) is 4.74. The third-order valence-corrected chi connectivity index (χ3v) is 3.16. The Labute approximate surface area is 130 Å². The molecule has 22 heavy (non-hydrogen) atoms. The standard InChI is InChI=1S/C18H19NO3/c1-13-4-3-5-17(12-13)22-11-10-18(21)19-16-8-6-15(7-9-16)14(2)20/h3-9,12H,10-11H2,1-2H3,(H,19,21). The number of anilines is 1. The minimum absolute atomic E-state index is 0.00410. The van der Waals surface area contributed by atoms with Gasteiger partial charge in [-0.2, -0.15) is 0 Å². The number of rotatable bonds is 6. The molecule has 4 heteroatoms. The Morgan fingerprint density at radius 2 is 1.82 bits per heavy atom. The summed E-state index contributed by atoms with van der Waals surface area (Å²) in [6.45, 7) is 3.82. The molecule has 0 aliphatic heterocycles. The highest BCUT2D eigenvalue weighted by atomic mass is 16.5. The van der Waals surface area contributed by atoms with Crippen LogP contribution < -0.4 is 10.1 Å². The SMILES string of the molecule is CC(=O)c1ccc(NC(=O)CCOc2cccc(C)c2)cc1. The van der Waals surface area contributed by atoms with Crippen molar-refractivity contribution in [1.29, 1.82) is 0 Å². The number of ether oxygens (including phenoxy) is 1. The van der Waals surface area contributed by atoms with E-state index < -0.39 is 0 Å². The molecule has 0 heterocycles. The minimum Gasteiger partial charge on any atom is -0.493 e. The van der Waals surface area contributed by atoms with Gasteiger partial charge >= 0.3 is 0 Å². The Morgan fingerprint density at radius 3 is 2.45 bits per heavy atom. The van der Waals surface area contributed by atoms with Crippen LogP contribution in [-0.4, -0.2) is 18.3 Å². The van der Waals surface area contributed by atoms with Crippen LogP contribution in [0.3, 0.4) is 0 Å². The van der Waals surface area contributed by atoms with Gasteiger partial charge in [0.1, 0.15) is 5.75 Å². The summed E-state index contributed by atoms with van der Waals surface area (Å²) in [4.78, 5) is 23.0. The fraction of sp³-hybridized carbons (Fsp3) is 0.222. The molecule has 0 aromatic heterocycles. The number of hydrogen-bond donors (Lipinski definition) is 1. The monoisotopic (exact) mass is 297 g/mol. The molecule has 0 aliphatic carbocycles. The second-order valence-corrected chi connectivity index (χ2v) is 5.10. The molecular weight excluding hydrogens is 278 g/mol. The summed E-state index contributed by atoms with van der Waals surface area (Å²) in [5.41, 5.74) is 2.42. The third-order valence-electron chi connectivity index (χ3n) is 3.16. The Hall–Kier alpha value is -2.62. The van der Waals surface area contributed by atoms with E-state index in [0.717, 1.165) is 11.3 Å². The highest BCUT2D eigenvalue weighted by Gasteiger charge is 2.04. The van der Waals surface area contributed by atoms with Gasteiger partial charge in [0, 0.05) is 11.3 Å². The van der Waals surface area contributed by atoms with E-state index in [9.17, 15) is 9.59 Å². The van der Waals surface area contributed by atoms with Gasteiger partial charge in [0.15, 0.2) is 5.78 Å². The molecule has 1 amide bonds. The smallest absolute Gasteiger partial charge is 0.227 e. The molecule has 0 bridgehead atoms. The number of Topliss-reactive ketones (excluding diaryl/α,β-unsaturated/α-hetero) is 1. The molecule has 0 unspecified atom stereocenters. The Bertz CT molecular complexity index is 662. The Kier molecular flexibility index (Phi) is 5.31. The van der Waals surface area contributed by atoms with E-state index in [-0.39, 0.29) is 18.1 Å². The Balaban J connectivity index is 1.79. The molecule has 0 radical (unpaired) electrons.